The third kappa shape index (κ3) is 11.7. The Morgan fingerprint density at radius 3 is 2.29 bits per heavy atom. The van der Waals surface area contributed by atoms with E-state index < -0.39 is 29.7 Å². The second-order valence-corrected chi connectivity index (χ2v) is 10.3. The zero-order valence-corrected chi connectivity index (χ0v) is 24.8. The van der Waals surface area contributed by atoms with E-state index in [4.69, 9.17) is 4.74 Å². The molecule has 2 rings (SSSR count). The fourth-order valence-corrected chi connectivity index (χ4v) is 4.57. The molecule has 0 spiro atoms. The minimum Gasteiger partial charge on any atom is -0.391 e. The van der Waals surface area contributed by atoms with E-state index in [2.05, 4.69) is 17.2 Å². The number of nitrogens with one attached hydrogen (secondary N) is 2. The number of amides is 3. The smallest absolute Gasteiger partial charge is 0.253 e. The van der Waals surface area contributed by atoms with Crippen LogP contribution in [0.5, 0.6) is 0 Å². The van der Waals surface area contributed by atoms with Crippen LogP contribution < -0.4 is 10.6 Å². The quantitative estimate of drug-likeness (QED) is 0.178. The van der Waals surface area contributed by atoms with E-state index in [-0.39, 0.29) is 55.4 Å². The number of benzene rings is 2. The largest absolute Gasteiger partial charge is 0.391 e. The Morgan fingerprint density at radius 1 is 1.02 bits per heavy atom. The Morgan fingerprint density at radius 2 is 1.67 bits per heavy atom. The van der Waals surface area contributed by atoms with Gasteiger partial charge in [0.2, 0.25) is 5.91 Å². The highest BCUT2D eigenvalue weighted by atomic mass is 19.1. The number of carbonyl (C=O) groups excluding carboxylic acids is 3. The molecule has 0 saturated carbocycles. The van der Waals surface area contributed by atoms with Gasteiger partial charge in [0.1, 0.15) is 11.6 Å². The van der Waals surface area contributed by atoms with Gasteiger partial charge >= 0.3 is 0 Å². The van der Waals surface area contributed by atoms with Crippen molar-refractivity contribution in [1.29, 1.82) is 0 Å². The summed E-state index contributed by atoms with van der Waals surface area (Å²) in [4.78, 5) is 40.4. The van der Waals surface area contributed by atoms with Crippen LogP contribution >= 0.6 is 0 Å². The van der Waals surface area contributed by atoms with Crippen molar-refractivity contribution >= 4 is 17.7 Å². The first-order valence-electron chi connectivity index (χ1n) is 14.4. The minimum absolute atomic E-state index is 0.0662. The second kappa shape index (κ2) is 18.0. The van der Waals surface area contributed by atoms with E-state index in [1.807, 2.05) is 13.8 Å². The Labute approximate surface area is 247 Å². The summed E-state index contributed by atoms with van der Waals surface area (Å²) < 4.78 is 33.0. The maximum atomic E-state index is 13.9. The Hall–Kier alpha value is -3.63. The summed E-state index contributed by atoms with van der Waals surface area (Å²) >= 11 is 0. The molecule has 2 atom stereocenters. The lowest BCUT2D eigenvalue weighted by atomic mass is 9.97. The number of rotatable bonds is 18. The third-order valence-corrected chi connectivity index (χ3v) is 6.49. The highest BCUT2D eigenvalue weighted by Gasteiger charge is 2.24. The predicted molar refractivity (Wildman–Crippen MR) is 158 cm³/mol. The van der Waals surface area contributed by atoms with Crippen molar-refractivity contribution in [1.82, 2.24) is 15.5 Å². The number of carbonyl (C=O) groups is 3. The molecule has 3 N–H and O–H groups in total. The molecule has 0 radical (unpaired) electrons. The summed E-state index contributed by atoms with van der Waals surface area (Å²) in [7, 11) is 0. The van der Waals surface area contributed by atoms with Crippen molar-refractivity contribution in [2.75, 3.05) is 32.8 Å². The first-order valence-corrected chi connectivity index (χ1v) is 14.4. The third-order valence-electron chi connectivity index (χ3n) is 6.49. The van der Waals surface area contributed by atoms with E-state index in [0.29, 0.717) is 30.8 Å². The number of halogens is 2. The fraction of sp³-hybridized carbons (Fsp3) is 0.469. The van der Waals surface area contributed by atoms with Crippen LogP contribution in [0.25, 0.3) is 0 Å². The van der Waals surface area contributed by atoms with Gasteiger partial charge in [0.25, 0.3) is 11.8 Å². The highest BCUT2D eigenvalue weighted by Crippen LogP contribution is 2.16. The van der Waals surface area contributed by atoms with Crippen LogP contribution in [0.3, 0.4) is 0 Å². The van der Waals surface area contributed by atoms with Crippen LogP contribution in [0.1, 0.15) is 71.4 Å². The maximum absolute atomic E-state index is 13.9. The minimum atomic E-state index is -1.16. The molecule has 10 heteroatoms. The lowest BCUT2D eigenvalue weighted by Crippen LogP contribution is -2.46. The van der Waals surface area contributed by atoms with Gasteiger partial charge in [-0.3, -0.25) is 14.4 Å². The number of aryl methyl sites for hydroxylation is 1. The van der Waals surface area contributed by atoms with Gasteiger partial charge in [0.05, 0.1) is 25.4 Å². The number of aliphatic hydroxyl groups is 1. The summed E-state index contributed by atoms with van der Waals surface area (Å²) in [5.74, 6) is -2.54. The van der Waals surface area contributed by atoms with E-state index >= 15 is 0 Å². The molecule has 0 aliphatic heterocycles. The molecule has 0 fully saturated rings. The summed E-state index contributed by atoms with van der Waals surface area (Å²) in [5, 5.41) is 16.5. The van der Waals surface area contributed by atoms with Gasteiger partial charge in [-0.25, -0.2) is 8.78 Å². The summed E-state index contributed by atoms with van der Waals surface area (Å²) in [5.41, 5.74) is 1.56. The average Bonchev–Trinajstić information content (AvgIpc) is 2.93. The molecule has 0 heterocycles. The van der Waals surface area contributed by atoms with E-state index in [0.717, 1.165) is 31.0 Å². The van der Waals surface area contributed by atoms with E-state index in [1.165, 1.54) is 6.07 Å². The van der Waals surface area contributed by atoms with E-state index in [9.17, 15) is 28.3 Å². The molecule has 8 nitrogen and oxygen atoms in total. The van der Waals surface area contributed by atoms with Crippen molar-refractivity contribution < 1.29 is 33.0 Å². The predicted octanol–water partition coefficient (Wildman–Crippen LogP) is 4.34. The van der Waals surface area contributed by atoms with Crippen molar-refractivity contribution in [2.45, 2.75) is 65.0 Å². The van der Waals surface area contributed by atoms with Crippen LogP contribution in [0.4, 0.5) is 8.78 Å². The summed E-state index contributed by atoms with van der Waals surface area (Å²) in [6.45, 7) is 11.2. The lowest BCUT2D eigenvalue weighted by molar-refractivity contribution is -0.122. The van der Waals surface area contributed by atoms with Gasteiger partial charge in [-0.05, 0) is 74.1 Å². The highest BCUT2D eigenvalue weighted by molar-refractivity contribution is 6.00. The Bertz CT molecular complexity index is 1180. The van der Waals surface area contributed by atoms with Gasteiger partial charge in [-0.2, -0.15) is 0 Å². The maximum Gasteiger partial charge on any atom is 0.253 e. The molecule has 0 aromatic heterocycles. The van der Waals surface area contributed by atoms with Gasteiger partial charge in [0, 0.05) is 43.2 Å². The van der Waals surface area contributed by atoms with Crippen LogP contribution in [-0.2, 0) is 16.0 Å². The zero-order chi connectivity index (χ0) is 31.1. The molecular weight excluding hydrogens is 544 g/mol. The number of hydrogen-bond acceptors (Lipinski definition) is 5. The average molecular weight is 588 g/mol. The van der Waals surface area contributed by atoms with Crippen molar-refractivity contribution in [2.24, 2.45) is 0 Å². The van der Waals surface area contributed by atoms with Gasteiger partial charge < -0.3 is 25.4 Å². The normalized spacial score (nSPS) is 12.3. The Balaban J connectivity index is 2.20. The van der Waals surface area contributed by atoms with Crippen molar-refractivity contribution in [3.8, 4) is 0 Å². The molecule has 0 aliphatic rings. The first-order chi connectivity index (χ1) is 20.1. The first kappa shape index (κ1) is 34.6. The number of nitrogens with zero attached hydrogens (tertiary/aromatic N) is 1. The molecule has 3 amide bonds. The SMILES string of the molecule is C=CCOCCC(=O)NCCC(O)C(Cc1cc(F)cc(F)c1)NC(=O)c1cc(C)cc(C(=O)N(CCC)CCC)c1. The Kier molecular flexibility index (Phi) is 14.8. The van der Waals surface area contributed by atoms with Crippen LogP contribution in [0, 0.1) is 18.6 Å². The van der Waals surface area contributed by atoms with Crippen molar-refractivity contribution in [3.63, 3.8) is 0 Å². The number of ether oxygens (including phenoxy) is 1. The molecule has 2 unspecified atom stereocenters. The monoisotopic (exact) mass is 587 g/mol. The molecule has 0 bridgehead atoms. The van der Waals surface area contributed by atoms with Gasteiger partial charge in [0.15, 0.2) is 0 Å². The number of aliphatic hydroxyl groups excluding tert-OH is 1. The zero-order valence-electron chi connectivity index (χ0n) is 24.8. The molecular formula is C32H43F2N3O5. The van der Waals surface area contributed by atoms with Gasteiger partial charge in [-0.15, -0.1) is 6.58 Å². The van der Waals surface area contributed by atoms with Crippen LogP contribution in [0.15, 0.2) is 49.1 Å². The standard InChI is InChI=1S/C32H43F2N3O5/c1-5-11-37(12-6-2)32(41)25-16-22(4)15-24(20-25)31(40)36-28(19-23-17-26(33)21-27(34)18-23)29(38)8-10-35-30(39)9-14-42-13-7-3/h7,15-18,20-21,28-29,38H,3,5-6,8-14,19H2,1-2,4H3,(H,35,39)(H,36,40). The molecule has 0 saturated heterocycles. The molecule has 0 aliphatic carbocycles. The number of hydrogen-bond donors (Lipinski definition) is 3. The molecule has 2 aromatic carbocycles. The molecule has 42 heavy (non-hydrogen) atoms. The van der Waals surface area contributed by atoms with Gasteiger partial charge in [-0.1, -0.05) is 19.9 Å². The van der Waals surface area contributed by atoms with Crippen LogP contribution in [-0.4, -0.2) is 72.7 Å². The summed E-state index contributed by atoms with van der Waals surface area (Å²) in [6, 6.07) is 6.96. The lowest BCUT2D eigenvalue weighted by Gasteiger charge is -2.25. The molecule has 2 aromatic rings. The topological polar surface area (TPSA) is 108 Å². The fourth-order valence-electron chi connectivity index (χ4n) is 4.57. The molecule has 230 valence electrons. The van der Waals surface area contributed by atoms with Crippen molar-refractivity contribution in [3.05, 3.63) is 82.9 Å². The van der Waals surface area contributed by atoms with Crippen LogP contribution in [0.2, 0.25) is 0 Å². The second-order valence-electron chi connectivity index (χ2n) is 10.3. The van der Waals surface area contributed by atoms with E-state index in [1.54, 1.807) is 30.0 Å². The summed E-state index contributed by atoms with van der Waals surface area (Å²) in [6.07, 6.45) is 2.16.